The van der Waals surface area contributed by atoms with Crippen molar-refractivity contribution < 1.29 is 4.79 Å². The Morgan fingerprint density at radius 3 is 2.89 bits per heavy atom. The van der Waals surface area contributed by atoms with E-state index in [9.17, 15) is 4.79 Å². The molecule has 0 bridgehead atoms. The first-order valence-corrected chi connectivity index (χ1v) is 7.99. The van der Waals surface area contributed by atoms with E-state index in [1.54, 1.807) is 0 Å². The lowest BCUT2D eigenvalue weighted by Crippen LogP contribution is -2.31. The Kier molecular flexibility index (Phi) is 5.39. The number of thioether (sulfide) groups is 1. The fourth-order valence-corrected chi connectivity index (χ4v) is 3.46. The lowest BCUT2D eigenvalue weighted by Gasteiger charge is -2.21. The fourth-order valence-electron chi connectivity index (χ4n) is 2.09. The Bertz CT molecular complexity index is 405. The third-order valence-electron chi connectivity index (χ3n) is 3.24. The molecular weight excluding hydrogens is 266 g/mol. The summed E-state index contributed by atoms with van der Waals surface area (Å²) in [6, 6.07) is 7.51. The van der Waals surface area contributed by atoms with Crippen LogP contribution >= 0.6 is 23.4 Å². The molecular formula is C14H18ClNOS. The summed E-state index contributed by atoms with van der Waals surface area (Å²) in [5, 5.41) is 3.03. The predicted molar refractivity (Wildman–Crippen MR) is 78.4 cm³/mol. The molecule has 98 valence electrons. The van der Waals surface area contributed by atoms with Crippen LogP contribution in [0.5, 0.6) is 0 Å². The van der Waals surface area contributed by atoms with E-state index in [0.717, 1.165) is 12.1 Å². The monoisotopic (exact) mass is 283 g/mol. The van der Waals surface area contributed by atoms with E-state index < -0.39 is 0 Å². The smallest absolute Gasteiger partial charge is 0.251 e. The van der Waals surface area contributed by atoms with Crippen LogP contribution in [0.3, 0.4) is 0 Å². The van der Waals surface area contributed by atoms with Gasteiger partial charge in [0.1, 0.15) is 0 Å². The van der Waals surface area contributed by atoms with Crippen molar-refractivity contribution >= 4 is 29.3 Å². The van der Waals surface area contributed by atoms with Gasteiger partial charge in [-0.3, -0.25) is 4.79 Å². The molecule has 1 aliphatic heterocycles. The molecule has 1 N–H and O–H groups in total. The summed E-state index contributed by atoms with van der Waals surface area (Å²) in [5.41, 5.74) is 1.69. The van der Waals surface area contributed by atoms with Crippen LogP contribution in [0.25, 0.3) is 0 Å². The van der Waals surface area contributed by atoms with Gasteiger partial charge in [-0.25, -0.2) is 0 Å². The second-order valence-corrected chi connectivity index (χ2v) is 6.09. The van der Waals surface area contributed by atoms with Gasteiger partial charge in [0.2, 0.25) is 0 Å². The number of amides is 1. The second kappa shape index (κ2) is 7.05. The van der Waals surface area contributed by atoms with Gasteiger partial charge in [0.05, 0.1) is 0 Å². The van der Waals surface area contributed by atoms with E-state index in [1.165, 1.54) is 24.3 Å². The van der Waals surface area contributed by atoms with Gasteiger partial charge < -0.3 is 5.32 Å². The number of carbonyl (C=O) groups is 1. The quantitative estimate of drug-likeness (QED) is 0.859. The van der Waals surface area contributed by atoms with Gasteiger partial charge in [-0.2, -0.15) is 11.8 Å². The maximum Gasteiger partial charge on any atom is 0.251 e. The van der Waals surface area contributed by atoms with Crippen molar-refractivity contribution in [1.29, 1.82) is 0 Å². The van der Waals surface area contributed by atoms with Crippen LogP contribution in [-0.4, -0.2) is 24.0 Å². The number of halogens is 1. The summed E-state index contributed by atoms with van der Waals surface area (Å²) in [6.45, 7) is 0.796. The summed E-state index contributed by atoms with van der Waals surface area (Å²) in [4.78, 5) is 12.0. The van der Waals surface area contributed by atoms with E-state index >= 15 is 0 Å². The highest BCUT2D eigenvalue weighted by Gasteiger charge is 2.15. The molecule has 0 unspecified atom stereocenters. The van der Waals surface area contributed by atoms with Crippen molar-refractivity contribution in [2.75, 3.05) is 18.1 Å². The second-order valence-electron chi connectivity index (χ2n) is 4.60. The zero-order valence-corrected chi connectivity index (χ0v) is 11.9. The molecule has 0 radical (unpaired) electrons. The third-order valence-corrected chi connectivity index (χ3v) is 4.59. The van der Waals surface area contributed by atoms with Crippen molar-refractivity contribution in [2.24, 2.45) is 5.92 Å². The molecule has 1 aliphatic rings. The van der Waals surface area contributed by atoms with Crippen LogP contribution in [0.2, 0.25) is 0 Å². The first kappa shape index (κ1) is 13.8. The molecule has 0 spiro atoms. The molecule has 1 aromatic rings. The minimum Gasteiger partial charge on any atom is -0.352 e. The van der Waals surface area contributed by atoms with Gasteiger partial charge in [-0.1, -0.05) is 12.1 Å². The Morgan fingerprint density at radius 2 is 2.17 bits per heavy atom. The molecule has 2 nitrogen and oxygen atoms in total. The molecule has 2 rings (SSSR count). The van der Waals surface area contributed by atoms with Gasteiger partial charge in [-0.05, 0) is 48.0 Å². The SMILES string of the molecule is O=C(NCC1CCSCC1)c1cccc(CCl)c1. The van der Waals surface area contributed by atoms with Crippen molar-refractivity contribution in [1.82, 2.24) is 5.32 Å². The van der Waals surface area contributed by atoms with Crippen molar-refractivity contribution in [2.45, 2.75) is 18.7 Å². The average molecular weight is 284 g/mol. The molecule has 1 amide bonds. The third kappa shape index (κ3) is 3.92. The number of hydrogen-bond donors (Lipinski definition) is 1. The summed E-state index contributed by atoms with van der Waals surface area (Å²) >= 11 is 7.78. The molecule has 0 atom stereocenters. The van der Waals surface area contributed by atoms with Gasteiger partial charge >= 0.3 is 0 Å². The highest BCUT2D eigenvalue weighted by atomic mass is 35.5. The standard InChI is InChI=1S/C14H18ClNOS/c15-9-12-2-1-3-13(8-12)14(17)16-10-11-4-6-18-7-5-11/h1-3,8,11H,4-7,9-10H2,(H,16,17). The van der Waals surface area contributed by atoms with Crippen LogP contribution in [0, 0.1) is 5.92 Å². The summed E-state index contributed by atoms with van der Waals surface area (Å²) in [6.07, 6.45) is 2.43. The maximum atomic E-state index is 12.0. The van der Waals surface area contributed by atoms with Crippen LogP contribution in [0.15, 0.2) is 24.3 Å². The van der Waals surface area contributed by atoms with Crippen LogP contribution in [-0.2, 0) is 5.88 Å². The van der Waals surface area contributed by atoms with Crippen molar-refractivity contribution in [3.8, 4) is 0 Å². The summed E-state index contributed by atoms with van der Waals surface area (Å²) in [7, 11) is 0. The number of hydrogen-bond acceptors (Lipinski definition) is 2. The molecule has 1 aromatic carbocycles. The van der Waals surface area contributed by atoms with Gasteiger partial charge in [-0.15, -0.1) is 11.6 Å². The van der Waals surface area contributed by atoms with E-state index in [1.807, 2.05) is 36.0 Å². The minimum absolute atomic E-state index is 0.0141. The first-order valence-electron chi connectivity index (χ1n) is 6.30. The lowest BCUT2D eigenvalue weighted by molar-refractivity contribution is 0.0946. The average Bonchev–Trinajstić information content (AvgIpc) is 2.46. The van der Waals surface area contributed by atoms with Gasteiger partial charge in [0.25, 0.3) is 5.91 Å². The van der Waals surface area contributed by atoms with Crippen LogP contribution < -0.4 is 5.32 Å². The molecule has 1 fully saturated rings. The van der Waals surface area contributed by atoms with E-state index in [2.05, 4.69) is 5.32 Å². The van der Waals surface area contributed by atoms with Crippen LogP contribution in [0.4, 0.5) is 0 Å². The number of carbonyl (C=O) groups excluding carboxylic acids is 1. The van der Waals surface area contributed by atoms with Gasteiger partial charge in [0.15, 0.2) is 0 Å². The molecule has 0 saturated carbocycles. The topological polar surface area (TPSA) is 29.1 Å². The van der Waals surface area contributed by atoms with E-state index in [4.69, 9.17) is 11.6 Å². The zero-order valence-electron chi connectivity index (χ0n) is 10.3. The largest absolute Gasteiger partial charge is 0.352 e. The summed E-state index contributed by atoms with van der Waals surface area (Å²) in [5.74, 6) is 3.55. The minimum atomic E-state index is 0.0141. The molecule has 0 aliphatic carbocycles. The van der Waals surface area contributed by atoms with Crippen LogP contribution in [0.1, 0.15) is 28.8 Å². The number of nitrogens with one attached hydrogen (secondary N) is 1. The van der Waals surface area contributed by atoms with Gasteiger partial charge in [0, 0.05) is 18.0 Å². The molecule has 0 aromatic heterocycles. The molecule has 18 heavy (non-hydrogen) atoms. The maximum absolute atomic E-state index is 12.0. The molecule has 4 heteroatoms. The fraction of sp³-hybridized carbons (Fsp3) is 0.500. The normalized spacial score (nSPS) is 16.5. The number of rotatable bonds is 4. The summed E-state index contributed by atoms with van der Waals surface area (Å²) < 4.78 is 0. The highest BCUT2D eigenvalue weighted by molar-refractivity contribution is 7.99. The highest BCUT2D eigenvalue weighted by Crippen LogP contribution is 2.21. The number of alkyl halides is 1. The predicted octanol–water partition coefficient (Wildman–Crippen LogP) is 3.30. The Balaban J connectivity index is 1.86. The van der Waals surface area contributed by atoms with Crippen molar-refractivity contribution in [3.05, 3.63) is 35.4 Å². The lowest BCUT2D eigenvalue weighted by atomic mass is 10.0. The van der Waals surface area contributed by atoms with E-state index in [-0.39, 0.29) is 5.91 Å². The molecule has 1 saturated heterocycles. The zero-order chi connectivity index (χ0) is 12.8. The Hall–Kier alpha value is -0.670. The van der Waals surface area contributed by atoms with E-state index in [0.29, 0.717) is 17.4 Å². The van der Waals surface area contributed by atoms with Crippen molar-refractivity contribution in [3.63, 3.8) is 0 Å². The first-order chi connectivity index (χ1) is 8.79. The Labute approximate surface area is 117 Å². The molecule has 1 heterocycles. The Morgan fingerprint density at radius 1 is 1.39 bits per heavy atom. The number of benzene rings is 1.